The minimum absolute atomic E-state index is 0.172. The van der Waals surface area contributed by atoms with E-state index in [1.165, 1.54) is 23.9 Å². The highest BCUT2D eigenvalue weighted by Crippen LogP contribution is 2.22. The van der Waals surface area contributed by atoms with Crippen LogP contribution in [0.4, 0.5) is 10.2 Å². The van der Waals surface area contributed by atoms with Crippen LogP contribution in [0.1, 0.15) is 11.5 Å². The summed E-state index contributed by atoms with van der Waals surface area (Å²) in [6.45, 7) is 3.59. The summed E-state index contributed by atoms with van der Waals surface area (Å²) in [5, 5.41) is 7.03. The number of anilines is 1. The van der Waals surface area contributed by atoms with Gasteiger partial charge in [-0.3, -0.25) is 4.79 Å². The lowest BCUT2D eigenvalue weighted by molar-refractivity contribution is -0.113. The molecule has 0 saturated heterocycles. The number of nitrogens with zero attached hydrogens (tertiary/aromatic N) is 3. The number of amides is 1. The molecule has 128 valence electrons. The third-order valence-corrected chi connectivity index (χ3v) is 4.09. The fourth-order valence-electron chi connectivity index (χ4n) is 2.09. The number of carbonyl (C=O) groups excluding carboxylic acids is 1. The van der Waals surface area contributed by atoms with Gasteiger partial charge < -0.3 is 9.84 Å². The lowest BCUT2D eigenvalue weighted by Crippen LogP contribution is -2.14. The number of carbonyl (C=O) groups is 1. The molecule has 0 atom stereocenters. The first-order chi connectivity index (χ1) is 12.0. The Bertz CT molecular complexity index is 896. The molecule has 2 heterocycles. The van der Waals surface area contributed by atoms with Crippen molar-refractivity contribution in [1.29, 1.82) is 0 Å². The molecule has 8 heteroatoms. The van der Waals surface area contributed by atoms with Gasteiger partial charge in [0, 0.05) is 17.3 Å². The van der Waals surface area contributed by atoms with E-state index in [1.807, 2.05) is 6.92 Å². The maximum absolute atomic E-state index is 13.0. The Labute approximate surface area is 147 Å². The summed E-state index contributed by atoms with van der Waals surface area (Å²) in [6.07, 6.45) is 0. The molecule has 0 fully saturated rings. The number of thioether (sulfide) groups is 1. The summed E-state index contributed by atoms with van der Waals surface area (Å²) in [7, 11) is 0. The molecule has 0 radical (unpaired) electrons. The molecule has 1 aromatic carbocycles. The molecule has 3 aromatic rings. The van der Waals surface area contributed by atoms with Gasteiger partial charge in [0.25, 0.3) is 0 Å². The number of benzene rings is 1. The van der Waals surface area contributed by atoms with E-state index in [0.717, 1.165) is 11.3 Å². The number of aryl methyl sites for hydroxylation is 2. The lowest BCUT2D eigenvalue weighted by atomic mass is 10.2. The van der Waals surface area contributed by atoms with Gasteiger partial charge in [-0.15, -0.1) is 0 Å². The zero-order chi connectivity index (χ0) is 17.8. The van der Waals surface area contributed by atoms with Crippen molar-refractivity contribution in [3.8, 4) is 11.4 Å². The van der Waals surface area contributed by atoms with Gasteiger partial charge in [-0.25, -0.2) is 14.4 Å². The fraction of sp³-hybridized carbons (Fsp3) is 0.176. The number of rotatable bonds is 5. The topological polar surface area (TPSA) is 80.9 Å². The minimum atomic E-state index is -0.314. The zero-order valence-corrected chi connectivity index (χ0v) is 14.4. The van der Waals surface area contributed by atoms with Crippen LogP contribution >= 0.6 is 11.8 Å². The van der Waals surface area contributed by atoms with Crippen LogP contribution in [0.25, 0.3) is 11.4 Å². The summed E-state index contributed by atoms with van der Waals surface area (Å²) in [4.78, 5) is 20.8. The molecule has 25 heavy (non-hydrogen) atoms. The van der Waals surface area contributed by atoms with E-state index < -0.39 is 0 Å². The van der Waals surface area contributed by atoms with Gasteiger partial charge in [0.1, 0.15) is 16.6 Å². The molecule has 0 aliphatic rings. The summed E-state index contributed by atoms with van der Waals surface area (Å²) in [5.41, 5.74) is 1.49. The molecule has 1 amide bonds. The second-order valence-electron chi connectivity index (χ2n) is 5.34. The molecule has 0 unspecified atom stereocenters. The highest BCUT2D eigenvalue weighted by molar-refractivity contribution is 7.99. The molecule has 0 bridgehead atoms. The number of halogens is 1. The Balaban J connectivity index is 1.68. The van der Waals surface area contributed by atoms with Crippen LogP contribution in [0.2, 0.25) is 0 Å². The van der Waals surface area contributed by atoms with E-state index >= 15 is 0 Å². The first-order valence-corrected chi connectivity index (χ1v) is 8.46. The second kappa shape index (κ2) is 7.43. The van der Waals surface area contributed by atoms with Crippen molar-refractivity contribution in [2.75, 3.05) is 11.1 Å². The normalized spacial score (nSPS) is 10.7. The van der Waals surface area contributed by atoms with E-state index in [1.54, 1.807) is 31.2 Å². The molecule has 0 aliphatic carbocycles. The van der Waals surface area contributed by atoms with E-state index in [4.69, 9.17) is 4.52 Å². The Hall–Kier alpha value is -2.74. The van der Waals surface area contributed by atoms with Gasteiger partial charge in [0.2, 0.25) is 5.91 Å². The van der Waals surface area contributed by atoms with Crippen LogP contribution in [0.15, 0.2) is 45.9 Å². The predicted molar refractivity (Wildman–Crippen MR) is 92.8 cm³/mol. The van der Waals surface area contributed by atoms with Crippen LogP contribution in [-0.4, -0.2) is 26.8 Å². The average Bonchev–Trinajstić information content (AvgIpc) is 2.98. The SMILES string of the molecule is Cc1cc(SCC(=O)Nc2cc(C)on2)nc(-c2ccc(F)cc2)n1. The Kier molecular flexibility index (Phi) is 5.08. The summed E-state index contributed by atoms with van der Waals surface area (Å²) < 4.78 is 17.9. The lowest BCUT2D eigenvalue weighted by Gasteiger charge is -2.06. The first-order valence-electron chi connectivity index (χ1n) is 7.47. The van der Waals surface area contributed by atoms with Crippen molar-refractivity contribution in [3.05, 3.63) is 53.7 Å². The average molecular weight is 358 g/mol. The highest BCUT2D eigenvalue weighted by atomic mass is 32.2. The third-order valence-electron chi connectivity index (χ3n) is 3.18. The van der Waals surface area contributed by atoms with Gasteiger partial charge in [0.15, 0.2) is 11.6 Å². The molecule has 1 N–H and O–H groups in total. The van der Waals surface area contributed by atoms with Gasteiger partial charge in [0.05, 0.1) is 5.75 Å². The van der Waals surface area contributed by atoms with Crippen molar-refractivity contribution in [2.24, 2.45) is 0 Å². The maximum Gasteiger partial charge on any atom is 0.236 e. The molecular weight excluding hydrogens is 343 g/mol. The van der Waals surface area contributed by atoms with Crippen LogP contribution in [-0.2, 0) is 4.79 Å². The van der Waals surface area contributed by atoms with Gasteiger partial charge in [-0.05, 0) is 44.2 Å². The van der Waals surface area contributed by atoms with Crippen molar-refractivity contribution >= 4 is 23.5 Å². The molecular formula is C17H15FN4O2S. The Morgan fingerprint density at radius 2 is 1.96 bits per heavy atom. The maximum atomic E-state index is 13.0. The highest BCUT2D eigenvalue weighted by Gasteiger charge is 2.10. The summed E-state index contributed by atoms with van der Waals surface area (Å²) in [5.74, 6) is 1.15. The van der Waals surface area contributed by atoms with Crippen molar-refractivity contribution in [3.63, 3.8) is 0 Å². The molecule has 6 nitrogen and oxygen atoms in total. The van der Waals surface area contributed by atoms with E-state index in [0.29, 0.717) is 22.4 Å². The van der Waals surface area contributed by atoms with Crippen molar-refractivity contribution in [2.45, 2.75) is 18.9 Å². The van der Waals surface area contributed by atoms with Crippen LogP contribution in [0, 0.1) is 19.7 Å². The van der Waals surface area contributed by atoms with Gasteiger partial charge in [-0.2, -0.15) is 0 Å². The largest absolute Gasteiger partial charge is 0.360 e. The summed E-state index contributed by atoms with van der Waals surface area (Å²) in [6, 6.07) is 9.41. The second-order valence-corrected chi connectivity index (χ2v) is 6.33. The Morgan fingerprint density at radius 1 is 1.20 bits per heavy atom. The van der Waals surface area contributed by atoms with Gasteiger partial charge in [-0.1, -0.05) is 16.9 Å². The molecule has 0 spiro atoms. The smallest absolute Gasteiger partial charge is 0.236 e. The molecule has 2 aromatic heterocycles. The van der Waals surface area contributed by atoms with Crippen molar-refractivity contribution < 1.29 is 13.7 Å². The van der Waals surface area contributed by atoms with E-state index in [2.05, 4.69) is 20.4 Å². The Morgan fingerprint density at radius 3 is 2.64 bits per heavy atom. The number of hydrogen-bond donors (Lipinski definition) is 1. The van der Waals surface area contributed by atoms with Gasteiger partial charge >= 0.3 is 0 Å². The minimum Gasteiger partial charge on any atom is -0.360 e. The van der Waals surface area contributed by atoms with Crippen LogP contribution < -0.4 is 5.32 Å². The number of nitrogens with one attached hydrogen (secondary N) is 1. The monoisotopic (exact) mass is 358 g/mol. The van der Waals surface area contributed by atoms with Crippen LogP contribution in [0.5, 0.6) is 0 Å². The fourth-order valence-corrected chi connectivity index (χ4v) is 2.84. The third kappa shape index (κ3) is 4.63. The van der Waals surface area contributed by atoms with Crippen LogP contribution in [0.3, 0.4) is 0 Å². The number of hydrogen-bond acceptors (Lipinski definition) is 6. The predicted octanol–water partition coefficient (Wildman–Crippen LogP) is 3.62. The molecule has 0 saturated carbocycles. The standard InChI is InChI=1S/C17H15FN4O2S/c1-10-7-16(21-17(19-10)12-3-5-13(18)6-4-12)25-9-15(23)20-14-8-11(2)24-22-14/h3-8H,9H2,1-2H3,(H,20,22,23). The van der Waals surface area contributed by atoms with E-state index in [-0.39, 0.29) is 17.5 Å². The zero-order valence-electron chi connectivity index (χ0n) is 13.6. The molecule has 3 rings (SSSR count). The van der Waals surface area contributed by atoms with Crippen molar-refractivity contribution in [1.82, 2.24) is 15.1 Å². The first kappa shape index (κ1) is 17.1. The van der Waals surface area contributed by atoms with E-state index in [9.17, 15) is 9.18 Å². The number of aromatic nitrogens is 3. The molecule has 0 aliphatic heterocycles. The quantitative estimate of drug-likeness (QED) is 0.554. The summed E-state index contributed by atoms with van der Waals surface area (Å²) >= 11 is 1.29.